The first-order chi connectivity index (χ1) is 50.3. The van der Waals surface area contributed by atoms with Gasteiger partial charge < -0.3 is 135 Å². The second-order valence-electron chi connectivity index (χ2n) is 24.4. The first-order valence-electron chi connectivity index (χ1n) is 33.6. The molecule has 106 heavy (non-hydrogen) atoms. The van der Waals surface area contributed by atoms with Gasteiger partial charge in [-0.2, -0.15) is 0 Å². The van der Waals surface area contributed by atoms with E-state index in [0.717, 1.165) is 26.5 Å². The summed E-state index contributed by atoms with van der Waals surface area (Å²) in [7, 11) is 1.63. The Morgan fingerprint density at radius 3 is 1.56 bits per heavy atom. The minimum absolute atomic E-state index is 0.00877. The van der Waals surface area contributed by atoms with Gasteiger partial charge in [0.25, 0.3) is 0 Å². The van der Waals surface area contributed by atoms with Gasteiger partial charge in [-0.1, -0.05) is 45.9 Å². The maximum atomic E-state index is 15.1. The number of fused-ring (bicyclic) bond motifs is 9. The van der Waals surface area contributed by atoms with Crippen molar-refractivity contribution in [2.45, 2.75) is 162 Å². The predicted octanol–water partition coefficient (Wildman–Crippen LogP) is -10.3. The van der Waals surface area contributed by atoms with Crippen LogP contribution in [0.25, 0.3) is 0 Å². The summed E-state index contributed by atoms with van der Waals surface area (Å²) in [5, 5.41) is 68.6. The van der Waals surface area contributed by atoms with Crippen LogP contribution in [-0.2, 0) is 73.5 Å². The molecule has 0 unspecified atom stereocenters. The number of aromatic hydroxyl groups is 1. The lowest BCUT2D eigenvalue weighted by Gasteiger charge is -2.30. The second kappa shape index (κ2) is 45.3. The van der Waals surface area contributed by atoms with Gasteiger partial charge in [-0.05, 0) is 94.7 Å². The molecule has 0 saturated carbocycles. The lowest BCUT2D eigenvalue weighted by atomic mass is 10.0. The fourth-order valence-electron chi connectivity index (χ4n) is 10.7. The van der Waals surface area contributed by atoms with Gasteiger partial charge in [0.1, 0.15) is 78.3 Å². The van der Waals surface area contributed by atoms with Crippen molar-refractivity contribution in [2.24, 2.45) is 71.6 Å². The van der Waals surface area contributed by atoms with E-state index in [4.69, 9.17) is 51.6 Å². The number of benzene rings is 1. The number of aliphatic imine (C=N–C) groups is 4. The molecule has 2 fully saturated rings. The van der Waals surface area contributed by atoms with Gasteiger partial charge in [-0.15, -0.1) is 0 Å². The van der Waals surface area contributed by atoms with Crippen molar-refractivity contribution in [3.63, 3.8) is 0 Å². The van der Waals surface area contributed by atoms with Gasteiger partial charge >= 0.3 is 11.9 Å². The molecule has 0 radical (unpaired) electrons. The lowest BCUT2D eigenvalue weighted by molar-refractivity contribution is -0.146. The number of hydrogen-bond acceptors (Lipinski definition) is 23. The molecule has 43 nitrogen and oxygen atoms in total. The summed E-state index contributed by atoms with van der Waals surface area (Å²) in [5.74, 6) is -18.9. The number of aliphatic carboxylic acids is 2. The van der Waals surface area contributed by atoms with E-state index < -0.39 is 199 Å². The zero-order valence-corrected chi connectivity index (χ0v) is 59.5. The van der Waals surface area contributed by atoms with E-state index in [9.17, 15) is 73.2 Å². The molecule has 0 spiro atoms. The highest BCUT2D eigenvalue weighted by molar-refractivity contribution is 8.76. The standard InChI is InChI=1S/C61H97N25O18S2/c62-26-44(89)75-41-28-105-106-29-42-54(100)79-35(11-4-20-72-59(65)66)48(94)82-38(24-30-15-17-31(88)18-16-30)51(97)77-34(10-3-19-71-58(63)64)46(92)76-32(47(93)81-37(57(103)104)13-6-22-74-61(69)70)8-1-2-9-33(78-53(41)99)49(95)84-40(27-87)52(98)83-39(25-45(90)91)56(102)86-23-7-14-43(86)55(101)80-36(50(96)85-42)12-5-21-73-60(67)68/h1-2,15-18,32-43,87-88H,3-14,19-29,62H2,(H,75,89)(H,76,92)(H,77,97)(H,78,99)(H,79,100)(H,80,101)(H,81,93)(H,82,94)(H,83,98)(H,84,95)(H,85,96)(H,90,91)(H,103,104)(H4,63,64,71)(H4,65,66,72)(H4,67,68,73)(H4,69,70,74)/t32-,33-,34-,35-,36-,37-,38-,39-,40-,41-,42-,43-/m0/s1. The van der Waals surface area contributed by atoms with Crippen molar-refractivity contribution in [3.8, 4) is 5.75 Å². The van der Waals surface area contributed by atoms with Crippen LogP contribution in [0.4, 0.5) is 0 Å². The van der Waals surface area contributed by atoms with Gasteiger partial charge in [0.15, 0.2) is 23.8 Å². The molecule has 12 atom stereocenters. The van der Waals surface area contributed by atoms with Crippen molar-refractivity contribution in [1.82, 2.24) is 63.4 Å². The van der Waals surface area contributed by atoms with Gasteiger partial charge in [0.05, 0.1) is 19.6 Å². The number of phenolic OH excluding ortho intramolecular Hbond substituents is 1. The van der Waals surface area contributed by atoms with Crippen LogP contribution >= 0.6 is 21.6 Å². The quantitative estimate of drug-likeness (QED) is 0.0135. The average Bonchev–Trinajstić information content (AvgIpc) is 1.65. The molecule has 1 aromatic carbocycles. The summed E-state index contributed by atoms with van der Waals surface area (Å²) in [5.41, 5.74) is 50.5. The van der Waals surface area contributed by atoms with Crippen molar-refractivity contribution >= 4 is 128 Å². The van der Waals surface area contributed by atoms with Crippen LogP contribution in [-0.4, -0.2) is 262 Å². The predicted molar refractivity (Wildman–Crippen MR) is 387 cm³/mol. The number of nitrogens with zero attached hydrogens (tertiary/aromatic N) is 5. The van der Waals surface area contributed by atoms with Crippen LogP contribution in [0.5, 0.6) is 5.75 Å². The molecule has 2 saturated heterocycles. The number of carboxylic acid groups (broad SMARTS) is 2. The topological polar surface area (TPSA) is 739 Å². The molecular weight excluding hydrogens is 1430 g/mol. The zero-order chi connectivity index (χ0) is 78.6. The van der Waals surface area contributed by atoms with Crippen LogP contribution in [0.3, 0.4) is 0 Å². The Balaban J connectivity index is 2.09. The number of phenols is 1. The average molecular weight is 1530 g/mol. The number of nitrogens with one attached hydrogen (secondary N) is 11. The highest BCUT2D eigenvalue weighted by Gasteiger charge is 2.42. The van der Waals surface area contributed by atoms with E-state index in [1.807, 2.05) is 0 Å². The van der Waals surface area contributed by atoms with Crippen molar-refractivity contribution in [2.75, 3.05) is 57.4 Å². The lowest BCUT2D eigenvalue weighted by Crippen LogP contribution is -2.61. The monoisotopic (exact) mass is 1530 g/mol. The molecule has 33 N–H and O–H groups in total. The number of nitrogens with two attached hydrogens (primary N) is 9. The van der Waals surface area contributed by atoms with E-state index >= 15 is 14.4 Å². The molecule has 45 heteroatoms. The molecule has 0 aromatic heterocycles. The van der Waals surface area contributed by atoms with Crippen LogP contribution in [0.1, 0.15) is 89.0 Å². The maximum Gasteiger partial charge on any atom is 0.326 e. The molecule has 12 amide bonds. The first kappa shape index (κ1) is 87.4. The van der Waals surface area contributed by atoms with E-state index in [2.05, 4.69) is 78.5 Å². The molecule has 586 valence electrons. The number of guanidine groups is 4. The van der Waals surface area contributed by atoms with Crippen molar-refractivity contribution in [3.05, 3.63) is 42.0 Å². The number of carbonyl (C=O) groups is 14. The Bertz CT molecular complexity index is 3410. The molecule has 2 bridgehead atoms. The van der Waals surface area contributed by atoms with E-state index in [-0.39, 0.29) is 133 Å². The van der Waals surface area contributed by atoms with Crippen molar-refractivity contribution in [1.29, 1.82) is 0 Å². The molecule has 3 aliphatic rings. The normalized spacial score (nSPS) is 23.9. The molecule has 0 aliphatic carbocycles. The smallest absolute Gasteiger partial charge is 0.326 e. The summed E-state index contributed by atoms with van der Waals surface area (Å²) >= 11 is 0. The maximum absolute atomic E-state index is 15.1. The number of amides is 12. The Hall–Kier alpha value is -11.0. The van der Waals surface area contributed by atoms with Gasteiger partial charge in [-0.25, -0.2) is 4.79 Å². The Morgan fingerprint density at radius 1 is 0.547 bits per heavy atom. The van der Waals surface area contributed by atoms with Gasteiger partial charge in [0, 0.05) is 50.7 Å². The number of carboxylic acids is 2. The zero-order valence-electron chi connectivity index (χ0n) is 57.9. The SMILES string of the molecule is NCC(=O)N[C@H]1CSSC[C@@H]2NC(=O)[C@H](CCCN=C(N)N)NC(=O)[C@@H]3CCCN3C(=O)[C@H](CC(=O)O)NC(=O)[C@H](CO)NC(=O)[C@H](CC=CC[C@@H](C(=O)N[C@@H](CCCN=C(N)N)C(=O)O)NC(=O)[C@H](CCCN=C(N)N)NC(=O)[C@H](Cc3ccc(O)cc3)NC(=O)[C@H](CCCN=C(N)N)NC2=O)NC1=O. The molecular formula is C61H97N25O18S2. The third kappa shape index (κ3) is 31.2. The number of aliphatic hydroxyl groups is 1. The van der Waals surface area contributed by atoms with Gasteiger partial charge in [-0.3, -0.25) is 82.3 Å². The number of rotatable bonds is 26. The Kier molecular flexibility index (Phi) is 37.4. The first-order valence-corrected chi connectivity index (χ1v) is 36.1. The molecule has 3 aliphatic heterocycles. The number of hydrogen-bond donors (Lipinski definition) is 24. The third-order valence-corrected chi connectivity index (χ3v) is 18.6. The summed E-state index contributed by atoms with van der Waals surface area (Å²) < 4.78 is 0. The molecule has 1 aromatic rings. The minimum Gasteiger partial charge on any atom is -0.508 e. The van der Waals surface area contributed by atoms with Crippen LogP contribution in [0.2, 0.25) is 0 Å². The summed E-state index contributed by atoms with van der Waals surface area (Å²) in [6.45, 7) is -2.60. The van der Waals surface area contributed by atoms with E-state index in [1.54, 1.807) is 0 Å². The third-order valence-electron chi connectivity index (χ3n) is 16.2. The Labute approximate surface area is 615 Å². The van der Waals surface area contributed by atoms with E-state index in [1.165, 1.54) is 36.4 Å². The largest absolute Gasteiger partial charge is 0.508 e. The highest BCUT2D eigenvalue weighted by atomic mass is 33.1. The van der Waals surface area contributed by atoms with E-state index in [0.29, 0.717) is 5.56 Å². The van der Waals surface area contributed by atoms with Crippen LogP contribution in [0, 0.1) is 0 Å². The number of carbonyl (C=O) groups excluding carboxylic acids is 12. The summed E-state index contributed by atoms with van der Waals surface area (Å²) in [4.78, 5) is 217. The minimum atomic E-state index is -2.04. The molecule has 3 heterocycles. The van der Waals surface area contributed by atoms with Crippen molar-refractivity contribution < 1.29 is 87.5 Å². The second-order valence-corrected chi connectivity index (χ2v) is 27.0. The summed E-state index contributed by atoms with van der Waals surface area (Å²) in [6.07, 6.45) is -1.57. The van der Waals surface area contributed by atoms with Gasteiger partial charge in [0.2, 0.25) is 70.9 Å². The fourth-order valence-corrected chi connectivity index (χ4v) is 13.1. The Morgan fingerprint density at radius 2 is 1.01 bits per heavy atom. The molecule has 4 rings (SSSR count). The fraction of sp³-hybridized carbons (Fsp3) is 0.574. The number of aliphatic hydroxyl groups excluding tert-OH is 1. The highest BCUT2D eigenvalue weighted by Crippen LogP contribution is 2.25. The van der Waals surface area contributed by atoms with Crippen LogP contribution in [0.15, 0.2) is 56.4 Å². The van der Waals surface area contributed by atoms with Crippen LogP contribution < -0.4 is 110 Å². The summed E-state index contributed by atoms with van der Waals surface area (Å²) in [6, 6.07) is -15.5.